The van der Waals surface area contributed by atoms with Gasteiger partial charge >= 0.3 is 10.1 Å². The standard InChI is InChI=1S/C31H30N2O9S3/c1-23-7-12-28(13-8-23)43(34,35)33(44(36,37)29-14-10-27(11-15-29)41-20-19-40-18-17-32)26-9-16-30-25(21-26)22-31(45(38,39)42-30)24-5-3-2-4-6-24/h2-16,21-22H,17-20,32H2,1H3. The maximum Gasteiger partial charge on any atom is 0.339 e. The minimum absolute atomic E-state index is 0.0829. The average molecular weight is 671 g/mol. The Morgan fingerprint density at radius 2 is 1.40 bits per heavy atom. The zero-order valence-corrected chi connectivity index (χ0v) is 26.5. The van der Waals surface area contributed by atoms with Gasteiger partial charge in [0.1, 0.15) is 23.0 Å². The van der Waals surface area contributed by atoms with Gasteiger partial charge in [-0.15, -0.1) is 0 Å². The van der Waals surface area contributed by atoms with Crippen LogP contribution >= 0.6 is 0 Å². The topological polar surface area (TPSA) is 159 Å². The van der Waals surface area contributed by atoms with E-state index in [1.807, 2.05) is 0 Å². The van der Waals surface area contributed by atoms with Gasteiger partial charge < -0.3 is 19.4 Å². The highest BCUT2D eigenvalue weighted by molar-refractivity contribution is 8.10. The summed E-state index contributed by atoms with van der Waals surface area (Å²) in [4.78, 5) is -0.735. The Hall–Kier alpha value is -4.21. The Balaban J connectivity index is 1.59. The van der Waals surface area contributed by atoms with Crippen LogP contribution in [-0.4, -0.2) is 51.6 Å². The lowest BCUT2D eigenvalue weighted by molar-refractivity contribution is 0.106. The second kappa shape index (κ2) is 13.0. The molecule has 1 heterocycles. The lowest BCUT2D eigenvalue weighted by atomic mass is 10.1. The van der Waals surface area contributed by atoms with Gasteiger partial charge in [0.15, 0.2) is 0 Å². The molecule has 0 spiro atoms. The molecule has 0 atom stereocenters. The van der Waals surface area contributed by atoms with Gasteiger partial charge in [0.05, 0.1) is 28.7 Å². The Morgan fingerprint density at radius 3 is 2.02 bits per heavy atom. The monoisotopic (exact) mass is 670 g/mol. The van der Waals surface area contributed by atoms with Crippen LogP contribution in [0.3, 0.4) is 0 Å². The highest BCUT2D eigenvalue weighted by Crippen LogP contribution is 2.40. The molecule has 4 aromatic rings. The van der Waals surface area contributed by atoms with Crippen molar-refractivity contribution in [3.8, 4) is 11.5 Å². The van der Waals surface area contributed by atoms with Gasteiger partial charge in [-0.25, -0.2) is 16.8 Å². The fourth-order valence-corrected chi connectivity index (χ4v) is 9.31. The molecule has 0 aromatic heterocycles. The van der Waals surface area contributed by atoms with Crippen molar-refractivity contribution >= 4 is 46.8 Å². The van der Waals surface area contributed by atoms with E-state index in [0.29, 0.717) is 28.2 Å². The van der Waals surface area contributed by atoms with Crippen molar-refractivity contribution in [2.24, 2.45) is 5.73 Å². The van der Waals surface area contributed by atoms with E-state index in [1.165, 1.54) is 60.7 Å². The van der Waals surface area contributed by atoms with Gasteiger partial charge in [-0.05, 0) is 73.2 Å². The van der Waals surface area contributed by atoms with Crippen LogP contribution in [0.15, 0.2) is 107 Å². The summed E-state index contributed by atoms with van der Waals surface area (Å²) in [6, 6.07) is 22.9. The van der Waals surface area contributed by atoms with Crippen molar-refractivity contribution in [2.75, 3.05) is 30.1 Å². The summed E-state index contributed by atoms with van der Waals surface area (Å²) in [5.74, 6) is 0.268. The number of hydrogen-bond donors (Lipinski definition) is 1. The number of fused-ring (bicyclic) bond motifs is 1. The molecule has 2 N–H and O–H groups in total. The van der Waals surface area contributed by atoms with Crippen LogP contribution in [0.2, 0.25) is 0 Å². The zero-order chi connectivity index (χ0) is 32.2. The minimum atomic E-state index is -4.76. The fourth-order valence-electron chi connectivity index (χ4n) is 4.46. The third-order valence-corrected chi connectivity index (χ3v) is 12.2. The lowest BCUT2D eigenvalue weighted by Crippen LogP contribution is -2.37. The number of rotatable bonds is 12. The van der Waals surface area contributed by atoms with Crippen molar-refractivity contribution < 1.29 is 38.9 Å². The van der Waals surface area contributed by atoms with Crippen molar-refractivity contribution in [1.82, 2.24) is 0 Å². The smallest absolute Gasteiger partial charge is 0.339 e. The summed E-state index contributed by atoms with van der Waals surface area (Å²) in [5.41, 5.74) is 6.43. The summed E-state index contributed by atoms with van der Waals surface area (Å²) in [7, 11) is -13.7. The van der Waals surface area contributed by atoms with E-state index in [4.69, 9.17) is 19.4 Å². The zero-order valence-electron chi connectivity index (χ0n) is 24.1. The number of sulfonamides is 2. The molecule has 5 rings (SSSR count). The maximum atomic E-state index is 14.2. The lowest BCUT2D eigenvalue weighted by Gasteiger charge is -2.26. The fraction of sp³-hybridized carbons (Fsp3) is 0.161. The average Bonchev–Trinajstić information content (AvgIpc) is 3.01. The first kappa shape index (κ1) is 32.2. The number of anilines is 1. The van der Waals surface area contributed by atoms with Crippen molar-refractivity contribution in [1.29, 1.82) is 0 Å². The van der Waals surface area contributed by atoms with Gasteiger partial charge in [0.2, 0.25) is 0 Å². The normalized spacial score (nSPS) is 14.1. The molecule has 0 amide bonds. The van der Waals surface area contributed by atoms with Gasteiger partial charge in [0, 0.05) is 12.1 Å². The largest absolute Gasteiger partial charge is 0.491 e. The van der Waals surface area contributed by atoms with E-state index in [1.54, 1.807) is 49.4 Å². The Bertz CT molecular complexity index is 2030. The number of hydrogen-bond acceptors (Lipinski definition) is 10. The maximum absolute atomic E-state index is 14.2. The molecule has 0 radical (unpaired) electrons. The molecular formula is C31H30N2O9S3. The third kappa shape index (κ3) is 6.89. The molecule has 11 nitrogen and oxygen atoms in total. The summed E-state index contributed by atoms with van der Waals surface area (Å²) in [6.07, 6.45) is 1.32. The molecule has 0 aliphatic carbocycles. The van der Waals surface area contributed by atoms with Crippen LogP contribution in [0, 0.1) is 6.92 Å². The Kier molecular flexibility index (Phi) is 9.32. The Morgan fingerprint density at radius 1 is 0.778 bits per heavy atom. The molecule has 0 saturated carbocycles. The second-order valence-corrected chi connectivity index (χ2v) is 15.2. The van der Waals surface area contributed by atoms with Gasteiger partial charge in [-0.2, -0.15) is 12.1 Å². The molecular weight excluding hydrogens is 641 g/mol. The molecule has 0 fully saturated rings. The number of nitrogens with zero attached hydrogens (tertiary/aromatic N) is 1. The highest BCUT2D eigenvalue weighted by Gasteiger charge is 2.38. The van der Waals surface area contributed by atoms with E-state index in [2.05, 4.69) is 0 Å². The third-order valence-electron chi connectivity index (χ3n) is 6.65. The van der Waals surface area contributed by atoms with E-state index >= 15 is 0 Å². The van der Waals surface area contributed by atoms with Gasteiger partial charge in [-0.3, -0.25) is 0 Å². The summed E-state index contributed by atoms with van der Waals surface area (Å²) < 4.78 is 98.7. The van der Waals surface area contributed by atoms with Crippen LogP contribution in [0.25, 0.3) is 11.0 Å². The predicted molar refractivity (Wildman–Crippen MR) is 170 cm³/mol. The van der Waals surface area contributed by atoms with E-state index in [9.17, 15) is 25.3 Å². The number of ether oxygens (including phenoxy) is 2. The van der Waals surface area contributed by atoms with E-state index in [0.717, 1.165) is 5.56 Å². The molecule has 45 heavy (non-hydrogen) atoms. The van der Waals surface area contributed by atoms with Crippen LogP contribution in [0.4, 0.5) is 5.69 Å². The van der Waals surface area contributed by atoms with E-state index < -0.39 is 30.2 Å². The highest BCUT2D eigenvalue weighted by atomic mass is 32.3. The van der Waals surface area contributed by atoms with Crippen molar-refractivity contribution in [3.63, 3.8) is 0 Å². The SMILES string of the molecule is Cc1ccc(S(=O)(=O)N(c2ccc3c(c2)C=C(c2ccccc2)S(=O)(=O)O3)S(=O)(=O)c2ccc(OCCOCCN)cc2)cc1. The first-order valence-electron chi connectivity index (χ1n) is 13.7. The molecule has 0 saturated heterocycles. The number of aryl methyl sites for hydroxylation is 1. The summed E-state index contributed by atoms with van der Waals surface area (Å²) in [6.45, 7) is 3.00. The quantitative estimate of drug-likeness (QED) is 0.171. The van der Waals surface area contributed by atoms with Crippen molar-refractivity contribution in [2.45, 2.75) is 16.7 Å². The molecule has 1 aliphatic heterocycles. The molecule has 0 unspecified atom stereocenters. The van der Waals surface area contributed by atoms with Gasteiger partial charge in [-0.1, -0.05) is 48.0 Å². The van der Waals surface area contributed by atoms with Crippen LogP contribution in [0.5, 0.6) is 11.5 Å². The van der Waals surface area contributed by atoms with Crippen molar-refractivity contribution in [3.05, 3.63) is 114 Å². The minimum Gasteiger partial charge on any atom is -0.491 e. The number of nitrogens with two attached hydrogens (primary N) is 1. The molecule has 236 valence electrons. The Labute approximate surface area is 262 Å². The molecule has 0 bridgehead atoms. The van der Waals surface area contributed by atoms with Crippen LogP contribution in [-0.2, 0) is 34.9 Å². The molecule has 4 aromatic carbocycles. The van der Waals surface area contributed by atoms with Crippen LogP contribution in [0.1, 0.15) is 16.7 Å². The second-order valence-electron chi connectivity index (χ2n) is 9.88. The molecule has 14 heteroatoms. The number of benzene rings is 4. The predicted octanol–water partition coefficient (Wildman–Crippen LogP) is 4.15. The van der Waals surface area contributed by atoms with E-state index in [-0.39, 0.29) is 44.9 Å². The van der Waals surface area contributed by atoms with Crippen LogP contribution < -0.4 is 18.4 Å². The summed E-state index contributed by atoms with van der Waals surface area (Å²) >= 11 is 0. The first-order valence-corrected chi connectivity index (χ1v) is 18.0. The molecule has 1 aliphatic rings. The summed E-state index contributed by atoms with van der Waals surface area (Å²) in [5, 5.41) is 0. The van der Waals surface area contributed by atoms with Gasteiger partial charge in [0.25, 0.3) is 20.0 Å². The first-order chi connectivity index (χ1) is 21.4.